The van der Waals surface area contributed by atoms with Crippen LogP contribution in [-0.2, 0) is 22.4 Å². The van der Waals surface area contributed by atoms with Gasteiger partial charge < -0.3 is 4.90 Å². The Bertz CT molecular complexity index is 939. The molecule has 3 aliphatic rings. The fourth-order valence-corrected chi connectivity index (χ4v) is 6.55. The number of rotatable bonds is 3. The molecule has 5 nitrogen and oxygen atoms in total. The molecule has 2 aromatic heterocycles. The van der Waals surface area contributed by atoms with E-state index in [9.17, 15) is 9.59 Å². The number of piperidine rings is 1. The molecular weight excluding hydrogens is 390 g/mol. The van der Waals surface area contributed by atoms with Gasteiger partial charge in [0.25, 0.3) is 0 Å². The molecule has 28 heavy (non-hydrogen) atoms. The molecular formula is C21H23N3O2S2. The van der Waals surface area contributed by atoms with E-state index in [1.54, 1.807) is 27.6 Å². The van der Waals surface area contributed by atoms with Crippen molar-refractivity contribution in [3.8, 4) is 0 Å². The molecule has 2 aromatic rings. The quantitative estimate of drug-likeness (QED) is 0.773. The van der Waals surface area contributed by atoms with Gasteiger partial charge in [0.15, 0.2) is 0 Å². The van der Waals surface area contributed by atoms with Gasteiger partial charge in [-0.05, 0) is 55.5 Å². The molecule has 0 saturated carbocycles. The number of aryl methyl sites for hydroxylation is 1. The normalized spacial score (nSPS) is 19.3. The zero-order chi connectivity index (χ0) is 19.1. The Balaban J connectivity index is 1.53. The van der Waals surface area contributed by atoms with Crippen molar-refractivity contribution >= 4 is 45.2 Å². The van der Waals surface area contributed by atoms with Gasteiger partial charge in [-0.15, -0.1) is 22.7 Å². The number of anilines is 1. The molecule has 2 aliphatic heterocycles. The summed E-state index contributed by atoms with van der Waals surface area (Å²) in [4.78, 5) is 36.7. The Labute approximate surface area is 172 Å². The van der Waals surface area contributed by atoms with Crippen molar-refractivity contribution < 1.29 is 9.59 Å². The van der Waals surface area contributed by atoms with Gasteiger partial charge in [-0.2, -0.15) is 0 Å². The molecule has 1 aliphatic carbocycles. The van der Waals surface area contributed by atoms with Gasteiger partial charge in [-0.1, -0.05) is 6.07 Å². The van der Waals surface area contributed by atoms with Gasteiger partial charge in [0.2, 0.25) is 11.8 Å². The molecule has 7 heteroatoms. The summed E-state index contributed by atoms with van der Waals surface area (Å²) in [5, 5.41) is 2.99. The third kappa shape index (κ3) is 3.10. The average Bonchev–Trinajstić information content (AvgIpc) is 3.44. The van der Waals surface area contributed by atoms with Crippen LogP contribution in [0.3, 0.4) is 0 Å². The van der Waals surface area contributed by atoms with Crippen molar-refractivity contribution in [2.24, 2.45) is 4.99 Å². The fraction of sp³-hybridized carbons (Fsp3) is 0.476. The SMILES string of the molecule is O=C(CN1C(=O)CN=C(c2cccs2)c2c1sc1c2CCC1)N1CCCCC1. The highest BCUT2D eigenvalue weighted by Gasteiger charge is 2.34. The minimum atomic E-state index is -0.0712. The number of likely N-dealkylation sites (tertiary alicyclic amines) is 1. The van der Waals surface area contributed by atoms with Gasteiger partial charge in [0.1, 0.15) is 18.1 Å². The lowest BCUT2D eigenvalue weighted by Crippen LogP contribution is -2.45. The van der Waals surface area contributed by atoms with Gasteiger partial charge in [0, 0.05) is 23.5 Å². The van der Waals surface area contributed by atoms with Crippen LogP contribution in [0.4, 0.5) is 5.00 Å². The molecule has 0 spiro atoms. The molecule has 0 unspecified atom stereocenters. The molecule has 1 saturated heterocycles. The molecule has 0 aromatic carbocycles. The smallest absolute Gasteiger partial charge is 0.249 e. The zero-order valence-corrected chi connectivity index (χ0v) is 17.4. The Morgan fingerprint density at radius 2 is 2.00 bits per heavy atom. The van der Waals surface area contributed by atoms with Crippen molar-refractivity contribution in [1.29, 1.82) is 0 Å². The first-order valence-corrected chi connectivity index (χ1v) is 11.7. The van der Waals surface area contributed by atoms with E-state index in [-0.39, 0.29) is 24.9 Å². The summed E-state index contributed by atoms with van der Waals surface area (Å²) in [5.41, 5.74) is 3.39. The summed E-state index contributed by atoms with van der Waals surface area (Å²) in [5.74, 6) is -0.00905. The highest BCUT2D eigenvalue weighted by Crippen LogP contribution is 2.43. The Morgan fingerprint density at radius 3 is 2.79 bits per heavy atom. The van der Waals surface area contributed by atoms with Crippen LogP contribution in [0, 0.1) is 0 Å². The van der Waals surface area contributed by atoms with Gasteiger partial charge in [-0.25, -0.2) is 0 Å². The van der Waals surface area contributed by atoms with Crippen molar-refractivity contribution in [1.82, 2.24) is 4.90 Å². The maximum absolute atomic E-state index is 13.0. The summed E-state index contributed by atoms with van der Waals surface area (Å²) in [6.07, 6.45) is 6.56. The number of thiophene rings is 2. The average molecular weight is 414 g/mol. The van der Waals surface area contributed by atoms with E-state index in [1.807, 2.05) is 11.0 Å². The second-order valence-corrected chi connectivity index (χ2v) is 9.63. The van der Waals surface area contributed by atoms with Gasteiger partial charge in [-0.3, -0.25) is 19.5 Å². The first-order valence-electron chi connectivity index (χ1n) is 10.0. The van der Waals surface area contributed by atoms with E-state index < -0.39 is 0 Å². The molecule has 4 heterocycles. The number of nitrogens with zero attached hydrogens (tertiary/aromatic N) is 3. The Kier molecular flexibility index (Phi) is 4.80. The van der Waals surface area contributed by atoms with E-state index in [0.29, 0.717) is 0 Å². The summed E-state index contributed by atoms with van der Waals surface area (Å²) in [6.45, 7) is 1.87. The van der Waals surface area contributed by atoms with E-state index >= 15 is 0 Å². The highest BCUT2D eigenvalue weighted by molar-refractivity contribution is 7.17. The van der Waals surface area contributed by atoms with E-state index in [1.165, 1.54) is 16.9 Å². The number of fused-ring (bicyclic) bond motifs is 3. The maximum Gasteiger partial charge on any atom is 0.249 e. The molecule has 0 atom stereocenters. The molecule has 5 rings (SSSR count). The predicted molar refractivity (Wildman–Crippen MR) is 114 cm³/mol. The van der Waals surface area contributed by atoms with Crippen LogP contribution in [0.25, 0.3) is 0 Å². The number of hydrogen-bond donors (Lipinski definition) is 0. The Hall–Kier alpha value is -1.99. The molecule has 146 valence electrons. The topological polar surface area (TPSA) is 53.0 Å². The monoisotopic (exact) mass is 413 g/mol. The van der Waals surface area contributed by atoms with Crippen LogP contribution in [0.5, 0.6) is 0 Å². The molecule has 1 fully saturated rings. The second kappa shape index (κ2) is 7.44. The van der Waals surface area contributed by atoms with Crippen molar-refractivity contribution in [2.45, 2.75) is 38.5 Å². The lowest BCUT2D eigenvalue weighted by molar-refractivity contribution is -0.132. The largest absolute Gasteiger partial charge is 0.341 e. The standard InChI is InChI=1S/C21H23N3O2S2/c25-17-12-22-20(16-8-5-11-27-16)19-14-6-4-7-15(14)28-21(19)24(17)13-18(26)23-9-2-1-3-10-23/h5,8,11H,1-4,6-7,9-10,12-13H2. The van der Waals surface area contributed by atoms with Crippen molar-refractivity contribution in [3.05, 3.63) is 38.4 Å². The minimum absolute atomic E-state index is 0.0622. The van der Waals surface area contributed by atoms with Crippen molar-refractivity contribution in [3.63, 3.8) is 0 Å². The molecule has 0 N–H and O–H groups in total. The van der Waals surface area contributed by atoms with Crippen LogP contribution < -0.4 is 4.90 Å². The summed E-state index contributed by atoms with van der Waals surface area (Å²) in [7, 11) is 0. The highest BCUT2D eigenvalue weighted by atomic mass is 32.1. The summed E-state index contributed by atoms with van der Waals surface area (Å²) in [6, 6.07) is 4.10. The lowest BCUT2D eigenvalue weighted by Gasteiger charge is -2.29. The first kappa shape index (κ1) is 18.1. The maximum atomic E-state index is 13.0. The van der Waals surface area contributed by atoms with Gasteiger partial charge in [0.05, 0.1) is 10.6 Å². The first-order chi connectivity index (χ1) is 13.7. The number of carbonyl (C=O) groups excluding carboxylic acids is 2. The molecule has 2 amide bonds. The zero-order valence-electron chi connectivity index (χ0n) is 15.8. The third-order valence-corrected chi connectivity index (χ3v) is 8.01. The Morgan fingerprint density at radius 1 is 1.14 bits per heavy atom. The van der Waals surface area contributed by atoms with Crippen LogP contribution in [0.2, 0.25) is 0 Å². The van der Waals surface area contributed by atoms with Crippen LogP contribution >= 0.6 is 22.7 Å². The predicted octanol–water partition coefficient (Wildman–Crippen LogP) is 3.49. The molecule has 0 bridgehead atoms. The van der Waals surface area contributed by atoms with E-state index in [0.717, 1.165) is 66.3 Å². The number of hydrogen-bond acceptors (Lipinski definition) is 5. The van der Waals surface area contributed by atoms with Crippen LogP contribution in [0.15, 0.2) is 22.5 Å². The fourth-order valence-electron chi connectivity index (χ4n) is 4.40. The van der Waals surface area contributed by atoms with E-state index in [4.69, 9.17) is 4.99 Å². The number of aliphatic imine (C=N–C) groups is 1. The number of carbonyl (C=O) groups is 2. The summed E-state index contributed by atoms with van der Waals surface area (Å²) >= 11 is 3.36. The van der Waals surface area contributed by atoms with Crippen LogP contribution in [-0.4, -0.2) is 48.6 Å². The van der Waals surface area contributed by atoms with Crippen LogP contribution in [0.1, 0.15) is 46.6 Å². The van der Waals surface area contributed by atoms with Crippen molar-refractivity contribution in [2.75, 3.05) is 31.1 Å². The molecule has 0 radical (unpaired) electrons. The van der Waals surface area contributed by atoms with Gasteiger partial charge >= 0.3 is 0 Å². The van der Waals surface area contributed by atoms with E-state index in [2.05, 4.69) is 11.4 Å². The lowest BCUT2D eigenvalue weighted by atomic mass is 10.0. The minimum Gasteiger partial charge on any atom is -0.341 e. The summed E-state index contributed by atoms with van der Waals surface area (Å²) < 4.78 is 0. The number of amides is 2. The third-order valence-electron chi connectivity index (χ3n) is 5.81. The second-order valence-electron chi connectivity index (χ2n) is 7.60.